The first kappa shape index (κ1) is 12.6. The summed E-state index contributed by atoms with van der Waals surface area (Å²) in [6.45, 7) is 1.76. The van der Waals surface area contributed by atoms with Crippen LogP contribution in [-0.4, -0.2) is 24.1 Å². The molecular formula is C13H14N2O2S. The molecule has 0 fully saturated rings. The van der Waals surface area contributed by atoms with E-state index < -0.39 is 0 Å². The van der Waals surface area contributed by atoms with Crippen LogP contribution >= 0.6 is 11.3 Å². The molecule has 1 atom stereocenters. The first-order chi connectivity index (χ1) is 8.70. The number of carbonyl (C=O) groups is 1. The van der Waals surface area contributed by atoms with Crippen molar-refractivity contribution in [3.63, 3.8) is 0 Å². The van der Waals surface area contributed by atoms with Crippen LogP contribution in [-0.2, 0) is 9.53 Å². The molecule has 5 heteroatoms. The van der Waals surface area contributed by atoms with Crippen LogP contribution in [0.5, 0.6) is 0 Å². The van der Waals surface area contributed by atoms with E-state index in [-0.39, 0.29) is 12.0 Å². The number of esters is 1. The molecule has 0 amide bonds. The van der Waals surface area contributed by atoms with Crippen molar-refractivity contribution in [2.24, 2.45) is 0 Å². The van der Waals surface area contributed by atoms with E-state index in [0.29, 0.717) is 0 Å². The molecule has 0 bridgehead atoms. The molecule has 1 N–H and O–H groups in total. The third-order valence-corrected chi connectivity index (χ3v) is 3.32. The SMILES string of the molecule is COC(=O)C(C)Nc1ccc(-c2nccs2)cc1. The second-order valence-corrected chi connectivity index (χ2v) is 4.70. The van der Waals surface area contributed by atoms with E-state index in [1.165, 1.54) is 7.11 Å². The molecule has 0 spiro atoms. The Morgan fingerprint density at radius 3 is 2.67 bits per heavy atom. The maximum atomic E-state index is 11.3. The second-order valence-electron chi connectivity index (χ2n) is 3.80. The summed E-state index contributed by atoms with van der Waals surface area (Å²) in [5.41, 5.74) is 1.95. The third-order valence-electron chi connectivity index (χ3n) is 2.50. The summed E-state index contributed by atoms with van der Waals surface area (Å²) in [6, 6.07) is 7.45. The highest BCUT2D eigenvalue weighted by Crippen LogP contribution is 2.23. The van der Waals surface area contributed by atoms with Crippen molar-refractivity contribution in [2.45, 2.75) is 13.0 Å². The van der Waals surface area contributed by atoms with Crippen LogP contribution in [0.2, 0.25) is 0 Å². The third kappa shape index (κ3) is 2.87. The van der Waals surface area contributed by atoms with E-state index in [9.17, 15) is 4.79 Å². The zero-order valence-electron chi connectivity index (χ0n) is 10.2. The molecule has 18 heavy (non-hydrogen) atoms. The number of carbonyl (C=O) groups excluding carboxylic acids is 1. The van der Waals surface area contributed by atoms with Crippen molar-refractivity contribution in [1.29, 1.82) is 0 Å². The summed E-state index contributed by atoms with van der Waals surface area (Å²) in [5.74, 6) is -0.279. The summed E-state index contributed by atoms with van der Waals surface area (Å²) >= 11 is 1.60. The van der Waals surface area contributed by atoms with Gasteiger partial charge in [-0.05, 0) is 31.2 Å². The average Bonchev–Trinajstić information content (AvgIpc) is 2.92. The average molecular weight is 262 g/mol. The molecule has 0 saturated heterocycles. The van der Waals surface area contributed by atoms with Crippen LogP contribution in [0.3, 0.4) is 0 Å². The van der Waals surface area contributed by atoms with E-state index in [1.807, 2.05) is 29.6 Å². The van der Waals surface area contributed by atoms with E-state index in [1.54, 1.807) is 24.5 Å². The Labute approximate surface area is 110 Å². The van der Waals surface area contributed by atoms with Crippen molar-refractivity contribution >= 4 is 23.0 Å². The molecule has 2 aromatic rings. The fraction of sp³-hybridized carbons (Fsp3) is 0.231. The zero-order valence-corrected chi connectivity index (χ0v) is 11.0. The number of hydrogen-bond donors (Lipinski definition) is 1. The minimum absolute atomic E-state index is 0.279. The minimum Gasteiger partial charge on any atom is -0.467 e. The number of thiazole rings is 1. The molecule has 0 aliphatic heterocycles. The van der Waals surface area contributed by atoms with Crippen molar-refractivity contribution in [3.8, 4) is 10.6 Å². The Morgan fingerprint density at radius 2 is 2.11 bits per heavy atom. The van der Waals surface area contributed by atoms with Gasteiger partial charge >= 0.3 is 5.97 Å². The van der Waals surface area contributed by atoms with Gasteiger partial charge in [0.1, 0.15) is 11.0 Å². The number of nitrogens with zero attached hydrogens (tertiary/aromatic N) is 1. The summed E-state index contributed by atoms with van der Waals surface area (Å²) in [5, 5.41) is 6.01. The quantitative estimate of drug-likeness (QED) is 0.861. The molecule has 94 valence electrons. The van der Waals surface area contributed by atoms with Gasteiger partial charge in [0.25, 0.3) is 0 Å². The number of nitrogens with one attached hydrogen (secondary N) is 1. The van der Waals surface area contributed by atoms with Gasteiger partial charge in [-0.3, -0.25) is 0 Å². The molecule has 0 aliphatic carbocycles. The largest absolute Gasteiger partial charge is 0.467 e. The Bertz CT molecular complexity index is 508. The van der Waals surface area contributed by atoms with Gasteiger partial charge in [-0.25, -0.2) is 9.78 Å². The Hall–Kier alpha value is -1.88. The lowest BCUT2D eigenvalue weighted by atomic mass is 10.2. The van der Waals surface area contributed by atoms with Gasteiger partial charge in [-0.2, -0.15) is 0 Å². The Kier molecular flexibility index (Phi) is 3.94. The molecule has 1 aromatic heterocycles. The fourth-order valence-electron chi connectivity index (χ4n) is 1.56. The number of benzene rings is 1. The molecule has 0 radical (unpaired) electrons. The predicted molar refractivity (Wildman–Crippen MR) is 72.7 cm³/mol. The summed E-state index contributed by atoms with van der Waals surface area (Å²) in [7, 11) is 1.38. The van der Waals surface area contributed by atoms with Crippen LogP contribution in [0.15, 0.2) is 35.8 Å². The van der Waals surface area contributed by atoms with Gasteiger partial charge in [-0.1, -0.05) is 0 Å². The molecule has 0 aliphatic rings. The number of aromatic nitrogens is 1. The van der Waals surface area contributed by atoms with Crippen LogP contribution in [0.1, 0.15) is 6.92 Å². The highest BCUT2D eigenvalue weighted by Gasteiger charge is 2.12. The Balaban J connectivity index is 2.06. The minimum atomic E-state index is -0.360. The Morgan fingerprint density at radius 1 is 1.39 bits per heavy atom. The standard InChI is InChI=1S/C13H14N2O2S/c1-9(13(16)17-2)15-11-5-3-10(4-6-11)12-14-7-8-18-12/h3-9,15H,1-2H3. The van der Waals surface area contributed by atoms with Gasteiger partial charge in [0.2, 0.25) is 0 Å². The highest BCUT2D eigenvalue weighted by atomic mass is 32.1. The van der Waals surface area contributed by atoms with E-state index in [0.717, 1.165) is 16.3 Å². The summed E-state index contributed by atoms with van der Waals surface area (Å²) < 4.78 is 4.66. The number of ether oxygens (including phenoxy) is 1. The van der Waals surface area contributed by atoms with Gasteiger partial charge in [0.15, 0.2) is 0 Å². The molecule has 1 heterocycles. The maximum Gasteiger partial charge on any atom is 0.327 e. The molecule has 2 rings (SSSR count). The van der Waals surface area contributed by atoms with E-state index >= 15 is 0 Å². The van der Waals surface area contributed by atoms with Crippen LogP contribution < -0.4 is 5.32 Å². The van der Waals surface area contributed by atoms with Crippen molar-refractivity contribution in [2.75, 3.05) is 12.4 Å². The van der Waals surface area contributed by atoms with Crippen molar-refractivity contribution in [3.05, 3.63) is 35.8 Å². The lowest BCUT2D eigenvalue weighted by molar-refractivity contribution is -0.141. The fourth-order valence-corrected chi connectivity index (χ4v) is 2.21. The number of anilines is 1. The molecule has 1 unspecified atom stereocenters. The van der Waals surface area contributed by atoms with Crippen molar-refractivity contribution < 1.29 is 9.53 Å². The molecule has 0 saturated carbocycles. The molecule has 4 nitrogen and oxygen atoms in total. The summed E-state index contributed by atoms with van der Waals surface area (Å²) in [4.78, 5) is 15.5. The monoisotopic (exact) mass is 262 g/mol. The lowest BCUT2D eigenvalue weighted by Crippen LogP contribution is -2.27. The topological polar surface area (TPSA) is 51.2 Å². The normalized spacial score (nSPS) is 11.9. The maximum absolute atomic E-state index is 11.3. The lowest BCUT2D eigenvalue weighted by Gasteiger charge is -2.12. The number of rotatable bonds is 4. The van der Waals surface area contributed by atoms with Crippen molar-refractivity contribution in [1.82, 2.24) is 4.98 Å². The number of hydrogen-bond acceptors (Lipinski definition) is 5. The predicted octanol–water partition coefficient (Wildman–Crippen LogP) is 2.78. The first-order valence-corrected chi connectivity index (χ1v) is 6.43. The van der Waals surface area contributed by atoms with Crippen LogP contribution in [0, 0.1) is 0 Å². The second kappa shape index (κ2) is 5.64. The van der Waals surface area contributed by atoms with Crippen LogP contribution in [0.25, 0.3) is 10.6 Å². The van der Waals surface area contributed by atoms with Crippen LogP contribution in [0.4, 0.5) is 5.69 Å². The zero-order chi connectivity index (χ0) is 13.0. The van der Waals surface area contributed by atoms with Gasteiger partial charge < -0.3 is 10.1 Å². The van der Waals surface area contributed by atoms with Gasteiger partial charge in [0, 0.05) is 22.8 Å². The van der Waals surface area contributed by atoms with Gasteiger partial charge in [0.05, 0.1) is 7.11 Å². The van der Waals surface area contributed by atoms with E-state index in [4.69, 9.17) is 0 Å². The summed E-state index contributed by atoms with van der Waals surface area (Å²) in [6.07, 6.45) is 1.78. The number of methoxy groups -OCH3 is 1. The highest BCUT2D eigenvalue weighted by molar-refractivity contribution is 7.13. The molecule has 1 aromatic carbocycles. The van der Waals surface area contributed by atoms with Gasteiger partial charge in [-0.15, -0.1) is 11.3 Å². The molecular weight excluding hydrogens is 248 g/mol. The first-order valence-electron chi connectivity index (χ1n) is 5.55. The van der Waals surface area contributed by atoms with E-state index in [2.05, 4.69) is 15.0 Å². The smallest absolute Gasteiger partial charge is 0.327 e.